The van der Waals surface area contributed by atoms with Gasteiger partial charge in [0.1, 0.15) is 0 Å². The summed E-state index contributed by atoms with van der Waals surface area (Å²) in [5.41, 5.74) is 3.54. The molecule has 0 N–H and O–H groups in total. The average molecular weight is 395 g/mol. The third-order valence-electron chi connectivity index (χ3n) is 6.08. The molecule has 3 heterocycles. The van der Waals surface area contributed by atoms with Crippen LogP contribution >= 0.6 is 0 Å². The summed E-state index contributed by atoms with van der Waals surface area (Å²) < 4.78 is 0. The predicted molar refractivity (Wildman–Crippen MR) is 114 cm³/mol. The Labute approximate surface area is 172 Å². The lowest BCUT2D eigenvalue weighted by Gasteiger charge is -2.24. The summed E-state index contributed by atoms with van der Waals surface area (Å²) in [5, 5.41) is 1.01. The molecule has 2 aromatic rings. The number of aromatic nitrogens is 1. The molecule has 0 aliphatic carbocycles. The Morgan fingerprint density at radius 1 is 0.897 bits per heavy atom. The van der Waals surface area contributed by atoms with Crippen LogP contribution in [0.15, 0.2) is 24.3 Å². The molecule has 6 heteroatoms. The first-order valence-corrected chi connectivity index (χ1v) is 10.7. The van der Waals surface area contributed by atoms with Crippen molar-refractivity contribution in [2.45, 2.75) is 33.1 Å². The summed E-state index contributed by atoms with van der Waals surface area (Å²) in [6.07, 6.45) is 3.12. The number of carbonyl (C=O) groups is 2. The number of amides is 2. The molecule has 2 aliphatic rings. The number of pyridine rings is 1. The standard InChI is InChI=1S/C23H30N4O2/c1-17-6-7-21-19(14-17)15-20(18(2)24-21)23(29)27-11-5-8-25(12-13-27)16-22(28)26-9-3-4-10-26/h6-7,14-15H,3-5,8-13,16H2,1-2H3. The van der Waals surface area contributed by atoms with Gasteiger partial charge in [0.05, 0.1) is 23.3 Å². The van der Waals surface area contributed by atoms with Gasteiger partial charge in [-0.1, -0.05) is 11.6 Å². The van der Waals surface area contributed by atoms with Crippen LogP contribution in [0.3, 0.4) is 0 Å². The van der Waals surface area contributed by atoms with E-state index in [2.05, 4.69) is 16.0 Å². The van der Waals surface area contributed by atoms with Gasteiger partial charge in [0.2, 0.25) is 5.91 Å². The molecule has 154 valence electrons. The fourth-order valence-electron chi connectivity index (χ4n) is 4.37. The zero-order valence-corrected chi connectivity index (χ0v) is 17.5. The number of hydrogen-bond donors (Lipinski definition) is 0. The van der Waals surface area contributed by atoms with Crippen LogP contribution in [0.2, 0.25) is 0 Å². The molecule has 0 spiro atoms. The molecule has 2 saturated heterocycles. The number of hydrogen-bond acceptors (Lipinski definition) is 4. The van der Waals surface area contributed by atoms with Gasteiger partial charge in [0.25, 0.3) is 5.91 Å². The fourth-order valence-corrected chi connectivity index (χ4v) is 4.37. The SMILES string of the molecule is Cc1ccc2nc(C)c(C(=O)N3CCCN(CC(=O)N4CCCC4)CC3)cc2c1. The summed E-state index contributed by atoms with van der Waals surface area (Å²) in [5.74, 6) is 0.276. The van der Waals surface area contributed by atoms with Crippen molar-refractivity contribution in [2.75, 3.05) is 45.8 Å². The summed E-state index contributed by atoms with van der Waals surface area (Å²) in [6.45, 7) is 9.19. The van der Waals surface area contributed by atoms with Gasteiger partial charge in [-0.25, -0.2) is 0 Å². The zero-order valence-electron chi connectivity index (χ0n) is 17.5. The molecule has 0 radical (unpaired) electrons. The van der Waals surface area contributed by atoms with Crippen LogP contribution in [0.4, 0.5) is 0 Å². The first-order chi connectivity index (χ1) is 14.0. The van der Waals surface area contributed by atoms with E-state index in [4.69, 9.17) is 0 Å². The van der Waals surface area contributed by atoms with E-state index in [1.807, 2.05) is 41.8 Å². The third-order valence-corrected chi connectivity index (χ3v) is 6.08. The van der Waals surface area contributed by atoms with Crippen molar-refractivity contribution in [1.29, 1.82) is 0 Å². The molecule has 2 aliphatic heterocycles. The largest absolute Gasteiger partial charge is 0.342 e. The number of fused-ring (bicyclic) bond motifs is 1. The van der Waals surface area contributed by atoms with Gasteiger partial charge in [0, 0.05) is 44.7 Å². The minimum Gasteiger partial charge on any atom is -0.342 e. The van der Waals surface area contributed by atoms with Crippen LogP contribution in [-0.2, 0) is 4.79 Å². The van der Waals surface area contributed by atoms with Crippen LogP contribution in [-0.4, -0.2) is 77.3 Å². The third kappa shape index (κ3) is 4.42. The lowest BCUT2D eigenvalue weighted by molar-refractivity contribution is -0.131. The number of carbonyl (C=O) groups excluding carboxylic acids is 2. The first kappa shape index (κ1) is 19.8. The van der Waals surface area contributed by atoms with E-state index in [0.29, 0.717) is 18.7 Å². The van der Waals surface area contributed by atoms with Gasteiger partial charge in [-0.05, 0) is 51.3 Å². The Bertz CT molecular complexity index is 920. The highest BCUT2D eigenvalue weighted by Gasteiger charge is 2.25. The quantitative estimate of drug-likeness (QED) is 0.803. The summed E-state index contributed by atoms with van der Waals surface area (Å²) in [7, 11) is 0. The second-order valence-corrected chi connectivity index (χ2v) is 8.33. The summed E-state index contributed by atoms with van der Waals surface area (Å²) in [6, 6.07) is 8.11. The second kappa shape index (κ2) is 8.49. The average Bonchev–Trinajstić information content (AvgIpc) is 3.15. The highest BCUT2D eigenvalue weighted by molar-refractivity contribution is 5.98. The molecular weight excluding hydrogens is 364 g/mol. The lowest BCUT2D eigenvalue weighted by atomic mass is 10.1. The summed E-state index contributed by atoms with van der Waals surface area (Å²) >= 11 is 0. The smallest absolute Gasteiger partial charge is 0.255 e. The molecule has 1 aromatic carbocycles. The monoisotopic (exact) mass is 394 g/mol. The van der Waals surface area contributed by atoms with E-state index in [-0.39, 0.29) is 11.8 Å². The Morgan fingerprint density at radius 2 is 1.66 bits per heavy atom. The Balaban J connectivity index is 1.43. The molecule has 1 aromatic heterocycles. The topological polar surface area (TPSA) is 56.8 Å². The van der Waals surface area contributed by atoms with E-state index in [9.17, 15) is 9.59 Å². The van der Waals surface area contributed by atoms with Gasteiger partial charge >= 0.3 is 0 Å². The number of rotatable bonds is 3. The van der Waals surface area contributed by atoms with Gasteiger partial charge in [-0.15, -0.1) is 0 Å². The van der Waals surface area contributed by atoms with Crippen LogP contribution in [0.5, 0.6) is 0 Å². The van der Waals surface area contributed by atoms with Gasteiger partial charge in [0.15, 0.2) is 0 Å². The lowest BCUT2D eigenvalue weighted by Crippen LogP contribution is -2.41. The normalized spacial score (nSPS) is 18.3. The summed E-state index contributed by atoms with van der Waals surface area (Å²) in [4.78, 5) is 36.4. The molecule has 29 heavy (non-hydrogen) atoms. The molecule has 0 saturated carbocycles. The van der Waals surface area contributed by atoms with Crippen molar-refractivity contribution in [3.05, 3.63) is 41.1 Å². The Kier molecular flexibility index (Phi) is 5.81. The fraction of sp³-hybridized carbons (Fsp3) is 0.522. The van der Waals surface area contributed by atoms with E-state index in [1.165, 1.54) is 0 Å². The molecule has 2 fully saturated rings. The maximum atomic E-state index is 13.2. The number of aryl methyl sites for hydroxylation is 2. The minimum absolute atomic E-state index is 0.0473. The molecule has 4 rings (SSSR count). The van der Waals surface area contributed by atoms with Crippen molar-refractivity contribution in [3.8, 4) is 0 Å². The molecule has 2 amide bonds. The molecule has 0 bridgehead atoms. The van der Waals surface area contributed by atoms with Crippen molar-refractivity contribution in [2.24, 2.45) is 0 Å². The van der Waals surface area contributed by atoms with E-state index >= 15 is 0 Å². The number of benzene rings is 1. The van der Waals surface area contributed by atoms with Crippen molar-refractivity contribution < 1.29 is 9.59 Å². The Hall–Kier alpha value is -2.47. The van der Waals surface area contributed by atoms with Crippen LogP contribution in [0.1, 0.15) is 40.9 Å². The molecule has 0 unspecified atom stereocenters. The van der Waals surface area contributed by atoms with Crippen molar-refractivity contribution in [3.63, 3.8) is 0 Å². The van der Waals surface area contributed by atoms with Gasteiger partial charge in [-0.3, -0.25) is 19.5 Å². The maximum Gasteiger partial charge on any atom is 0.255 e. The van der Waals surface area contributed by atoms with Crippen LogP contribution in [0, 0.1) is 13.8 Å². The molecule has 0 atom stereocenters. The van der Waals surface area contributed by atoms with Crippen LogP contribution < -0.4 is 0 Å². The van der Waals surface area contributed by atoms with Crippen molar-refractivity contribution in [1.82, 2.24) is 19.7 Å². The predicted octanol–water partition coefficient (Wildman–Crippen LogP) is 2.62. The van der Waals surface area contributed by atoms with Gasteiger partial charge in [-0.2, -0.15) is 0 Å². The highest BCUT2D eigenvalue weighted by atomic mass is 16.2. The van der Waals surface area contributed by atoms with E-state index in [1.54, 1.807) is 0 Å². The molecular formula is C23H30N4O2. The molecule has 6 nitrogen and oxygen atoms in total. The van der Waals surface area contributed by atoms with Gasteiger partial charge < -0.3 is 9.80 Å². The number of likely N-dealkylation sites (tertiary alicyclic amines) is 1. The highest BCUT2D eigenvalue weighted by Crippen LogP contribution is 2.20. The number of nitrogens with zero attached hydrogens (tertiary/aromatic N) is 4. The zero-order chi connectivity index (χ0) is 20.4. The van der Waals surface area contributed by atoms with Crippen molar-refractivity contribution >= 4 is 22.7 Å². The van der Waals surface area contributed by atoms with E-state index < -0.39 is 0 Å². The Morgan fingerprint density at radius 3 is 2.45 bits per heavy atom. The maximum absolute atomic E-state index is 13.2. The van der Waals surface area contributed by atoms with E-state index in [0.717, 1.165) is 74.1 Å². The van der Waals surface area contributed by atoms with Crippen LogP contribution in [0.25, 0.3) is 10.9 Å². The minimum atomic E-state index is 0.0473. The second-order valence-electron chi connectivity index (χ2n) is 8.33. The first-order valence-electron chi connectivity index (χ1n) is 10.7.